The van der Waals surface area contributed by atoms with E-state index in [2.05, 4.69) is 0 Å². The van der Waals surface area contributed by atoms with E-state index in [1.54, 1.807) is 42.5 Å². The Morgan fingerprint density at radius 1 is 1.00 bits per heavy atom. The molecule has 2 amide bonds. The largest absolute Gasteiger partial charge is 0.493 e. The normalized spacial score (nSPS) is 28.9. The van der Waals surface area contributed by atoms with Crippen LogP contribution in [0.1, 0.15) is 49.7 Å². The van der Waals surface area contributed by atoms with Gasteiger partial charge in [-0.25, -0.2) is 0 Å². The molecule has 9 heteroatoms. The number of carbonyl (C=O) groups excluding carboxylic acids is 3. The zero-order valence-electron chi connectivity index (χ0n) is 20.9. The molecule has 4 saturated carbocycles. The SMILES string of the molecule is COc1cc(/C=C2\SC(=O)N(Cc3ccc(Cl)c(Cl)c3)C2=O)ccc1OC(=O)C12CC3CC(CC(C3)C1)C2. The number of carbonyl (C=O) groups is 3. The molecular weight excluding hydrogens is 545 g/mol. The second-order valence-corrected chi connectivity index (χ2v) is 12.8. The van der Waals surface area contributed by atoms with Crippen molar-refractivity contribution in [3.63, 3.8) is 0 Å². The third-order valence-electron chi connectivity index (χ3n) is 8.36. The van der Waals surface area contributed by atoms with Crippen LogP contribution in [-0.4, -0.2) is 29.1 Å². The van der Waals surface area contributed by atoms with Crippen LogP contribution in [0.3, 0.4) is 0 Å². The molecule has 1 aliphatic heterocycles. The fourth-order valence-corrected chi connectivity index (χ4v) is 8.19. The van der Waals surface area contributed by atoms with Gasteiger partial charge in [-0.3, -0.25) is 19.3 Å². The van der Waals surface area contributed by atoms with Crippen LogP contribution in [0.2, 0.25) is 10.0 Å². The Labute approximate surface area is 235 Å². The molecule has 0 spiro atoms. The summed E-state index contributed by atoms with van der Waals surface area (Å²) in [6.07, 6.45) is 8.19. The summed E-state index contributed by atoms with van der Waals surface area (Å²) in [6, 6.07) is 10.2. The third kappa shape index (κ3) is 4.74. The number of methoxy groups -OCH3 is 1. The van der Waals surface area contributed by atoms with E-state index in [1.165, 1.54) is 31.3 Å². The smallest absolute Gasteiger partial charge is 0.317 e. The molecule has 0 N–H and O–H groups in total. The van der Waals surface area contributed by atoms with Gasteiger partial charge in [0.25, 0.3) is 11.1 Å². The Hall–Kier alpha value is -2.48. The second-order valence-electron chi connectivity index (χ2n) is 11.0. The second kappa shape index (κ2) is 9.92. The fraction of sp³-hybridized carbons (Fsp3) is 0.414. The minimum absolute atomic E-state index is 0.0986. The molecule has 0 aromatic heterocycles. The predicted octanol–water partition coefficient (Wildman–Crippen LogP) is 7.36. The Kier molecular flexibility index (Phi) is 6.73. The van der Waals surface area contributed by atoms with Gasteiger partial charge in [0.15, 0.2) is 11.5 Å². The average molecular weight is 573 g/mol. The molecule has 0 radical (unpaired) electrons. The van der Waals surface area contributed by atoms with Crippen LogP contribution in [0.15, 0.2) is 41.3 Å². The van der Waals surface area contributed by atoms with Gasteiger partial charge in [0.05, 0.1) is 34.0 Å². The lowest BCUT2D eigenvalue weighted by Crippen LogP contribution is -2.51. The lowest BCUT2D eigenvalue weighted by molar-refractivity contribution is -0.161. The van der Waals surface area contributed by atoms with Crippen molar-refractivity contribution >= 4 is 58.2 Å². The van der Waals surface area contributed by atoms with Crippen LogP contribution in [0, 0.1) is 23.2 Å². The maximum Gasteiger partial charge on any atom is 0.317 e. The van der Waals surface area contributed by atoms with Gasteiger partial charge in [0, 0.05) is 0 Å². The van der Waals surface area contributed by atoms with Gasteiger partial charge in [0.2, 0.25) is 0 Å². The topological polar surface area (TPSA) is 72.9 Å². The van der Waals surface area contributed by atoms with E-state index in [9.17, 15) is 14.4 Å². The molecule has 1 saturated heterocycles. The molecule has 1 heterocycles. The number of amides is 2. The molecule has 2 aromatic carbocycles. The fourth-order valence-electron chi connectivity index (χ4n) is 7.04. The number of imide groups is 1. The van der Waals surface area contributed by atoms with Crippen LogP contribution in [-0.2, 0) is 16.1 Å². The molecule has 7 rings (SSSR count). The van der Waals surface area contributed by atoms with Crippen LogP contribution >= 0.6 is 35.0 Å². The Bertz CT molecular complexity index is 1340. The highest BCUT2D eigenvalue weighted by atomic mass is 35.5. The van der Waals surface area contributed by atoms with Crippen LogP contribution in [0.4, 0.5) is 4.79 Å². The summed E-state index contributed by atoms with van der Waals surface area (Å²) in [6.45, 7) is 0.0986. The summed E-state index contributed by atoms with van der Waals surface area (Å²) in [7, 11) is 1.52. The highest BCUT2D eigenvalue weighted by Crippen LogP contribution is 2.60. The van der Waals surface area contributed by atoms with Crippen LogP contribution in [0.5, 0.6) is 11.5 Å². The van der Waals surface area contributed by atoms with Gasteiger partial charge < -0.3 is 9.47 Å². The van der Waals surface area contributed by atoms with E-state index in [1.807, 2.05) is 0 Å². The molecule has 198 valence electrons. The molecule has 2 aromatic rings. The molecule has 5 fully saturated rings. The Morgan fingerprint density at radius 2 is 1.68 bits per heavy atom. The Morgan fingerprint density at radius 3 is 2.32 bits per heavy atom. The van der Waals surface area contributed by atoms with E-state index in [-0.39, 0.29) is 29.1 Å². The zero-order chi connectivity index (χ0) is 26.6. The molecule has 4 bridgehead atoms. The number of hydrogen-bond acceptors (Lipinski definition) is 6. The standard InChI is InChI=1S/C29H27Cl2NO5S/c1-36-24-10-16(11-25-26(33)32(28(35)38-25)15-17-2-4-21(30)22(31)9-17)3-5-23(24)37-27(34)29-12-18-6-19(13-29)8-20(7-18)14-29/h2-5,9-11,18-20H,6-8,12-15H2,1H3/b25-11-. The van der Waals surface area contributed by atoms with E-state index in [0.717, 1.165) is 31.0 Å². The summed E-state index contributed by atoms with van der Waals surface area (Å²) in [5.74, 6) is 2.18. The quantitative estimate of drug-likeness (QED) is 0.205. The number of hydrogen-bond donors (Lipinski definition) is 0. The minimum atomic E-state index is -0.387. The minimum Gasteiger partial charge on any atom is -0.493 e. The van der Waals surface area contributed by atoms with Gasteiger partial charge in [-0.2, -0.15) is 0 Å². The van der Waals surface area contributed by atoms with Gasteiger partial charge in [-0.1, -0.05) is 35.3 Å². The zero-order valence-corrected chi connectivity index (χ0v) is 23.2. The summed E-state index contributed by atoms with van der Waals surface area (Å²) in [5, 5.41) is 0.411. The number of thioether (sulfide) groups is 1. The highest BCUT2D eigenvalue weighted by Gasteiger charge is 2.55. The summed E-state index contributed by atoms with van der Waals surface area (Å²) >= 11 is 12.9. The average Bonchev–Trinajstić information content (AvgIpc) is 3.13. The number of esters is 1. The number of ether oxygens (including phenoxy) is 2. The van der Waals surface area contributed by atoms with Crippen molar-refractivity contribution in [1.29, 1.82) is 0 Å². The van der Waals surface area contributed by atoms with Crippen molar-refractivity contribution in [2.24, 2.45) is 23.2 Å². The molecule has 4 aliphatic carbocycles. The first-order chi connectivity index (χ1) is 18.2. The van der Waals surface area contributed by atoms with Crippen molar-refractivity contribution in [1.82, 2.24) is 4.90 Å². The van der Waals surface area contributed by atoms with Crippen molar-refractivity contribution in [2.45, 2.75) is 45.1 Å². The van der Waals surface area contributed by atoms with E-state index >= 15 is 0 Å². The maximum atomic E-state index is 13.4. The third-order valence-corrected chi connectivity index (χ3v) is 10.0. The molecule has 38 heavy (non-hydrogen) atoms. The van der Waals surface area contributed by atoms with Crippen LogP contribution < -0.4 is 9.47 Å². The predicted molar refractivity (Wildman–Crippen MR) is 147 cm³/mol. The lowest BCUT2D eigenvalue weighted by atomic mass is 9.49. The molecular formula is C29H27Cl2NO5S. The number of halogens is 2. The van der Waals surface area contributed by atoms with Crippen molar-refractivity contribution in [3.05, 3.63) is 62.5 Å². The first-order valence-corrected chi connectivity index (χ1v) is 14.4. The van der Waals surface area contributed by atoms with Gasteiger partial charge in [0.1, 0.15) is 0 Å². The van der Waals surface area contributed by atoms with Crippen molar-refractivity contribution < 1.29 is 23.9 Å². The van der Waals surface area contributed by atoms with Crippen LogP contribution in [0.25, 0.3) is 6.08 Å². The van der Waals surface area contributed by atoms with Gasteiger partial charge in [-0.15, -0.1) is 0 Å². The van der Waals surface area contributed by atoms with Crippen molar-refractivity contribution in [3.8, 4) is 11.5 Å². The number of nitrogens with zero attached hydrogens (tertiary/aromatic N) is 1. The lowest BCUT2D eigenvalue weighted by Gasteiger charge is -2.55. The number of rotatable bonds is 6. The highest BCUT2D eigenvalue weighted by molar-refractivity contribution is 8.18. The first kappa shape index (κ1) is 25.8. The molecule has 0 unspecified atom stereocenters. The summed E-state index contributed by atoms with van der Waals surface area (Å²) in [5.41, 5.74) is 0.997. The van der Waals surface area contributed by atoms with Crippen molar-refractivity contribution in [2.75, 3.05) is 7.11 Å². The monoisotopic (exact) mass is 571 g/mol. The van der Waals surface area contributed by atoms with Gasteiger partial charge in [-0.05, 0) is 110 Å². The Balaban J connectivity index is 1.18. The summed E-state index contributed by atoms with van der Waals surface area (Å²) < 4.78 is 11.5. The van der Waals surface area contributed by atoms with E-state index in [4.69, 9.17) is 32.7 Å². The molecule has 5 aliphatic rings. The van der Waals surface area contributed by atoms with E-state index in [0.29, 0.717) is 55.3 Å². The molecule has 0 atom stereocenters. The summed E-state index contributed by atoms with van der Waals surface area (Å²) in [4.78, 5) is 40.5. The maximum absolute atomic E-state index is 13.4. The molecule has 6 nitrogen and oxygen atoms in total. The first-order valence-electron chi connectivity index (χ1n) is 12.8. The van der Waals surface area contributed by atoms with Gasteiger partial charge >= 0.3 is 5.97 Å². The van der Waals surface area contributed by atoms with E-state index < -0.39 is 0 Å². The number of benzene rings is 2.